The highest BCUT2D eigenvalue weighted by Gasteiger charge is 2.06. The van der Waals surface area contributed by atoms with Crippen LogP contribution in [0.2, 0.25) is 0 Å². The topological polar surface area (TPSA) is 0 Å². The van der Waals surface area contributed by atoms with Crippen molar-refractivity contribution < 1.29 is 0 Å². The average molecular weight is 381 g/mol. The van der Waals surface area contributed by atoms with Crippen molar-refractivity contribution in [3.63, 3.8) is 0 Å². The van der Waals surface area contributed by atoms with Gasteiger partial charge in [-0.2, -0.15) is 0 Å². The number of hydrogen-bond donors (Lipinski definition) is 0. The van der Waals surface area contributed by atoms with Crippen LogP contribution < -0.4 is 0 Å². The molecule has 0 aromatic heterocycles. The van der Waals surface area contributed by atoms with Crippen molar-refractivity contribution in [3.8, 4) is 0 Å². The second-order valence-electron chi connectivity index (χ2n) is 9.67. The van der Waals surface area contributed by atoms with E-state index >= 15 is 0 Å². The molecule has 0 spiro atoms. The second kappa shape index (κ2) is 22.3. The minimum absolute atomic E-state index is 0.959. The van der Waals surface area contributed by atoms with Crippen LogP contribution in [0.15, 0.2) is 0 Å². The van der Waals surface area contributed by atoms with Gasteiger partial charge in [0.15, 0.2) is 0 Å². The van der Waals surface area contributed by atoms with E-state index in [-0.39, 0.29) is 0 Å². The maximum atomic E-state index is 2.49. The third-order valence-electron chi connectivity index (χ3n) is 6.49. The number of unbranched alkanes of at least 4 members (excludes halogenated alkanes) is 14. The van der Waals surface area contributed by atoms with Crippen LogP contribution >= 0.6 is 0 Å². The van der Waals surface area contributed by atoms with Crippen molar-refractivity contribution in [1.29, 1.82) is 0 Å². The third-order valence-corrected chi connectivity index (χ3v) is 6.49. The largest absolute Gasteiger partial charge is 0.0654 e. The summed E-state index contributed by atoms with van der Waals surface area (Å²) in [6.45, 7) is 9.57. The van der Waals surface area contributed by atoms with Crippen LogP contribution in [0.3, 0.4) is 0 Å². The average Bonchev–Trinajstić information content (AvgIpc) is 2.66. The van der Waals surface area contributed by atoms with Gasteiger partial charge in [-0.15, -0.1) is 0 Å². The van der Waals surface area contributed by atoms with Crippen LogP contribution in [0.5, 0.6) is 0 Å². The van der Waals surface area contributed by atoms with Crippen LogP contribution in [0.4, 0.5) is 0 Å². The van der Waals surface area contributed by atoms with Crippen molar-refractivity contribution in [3.05, 3.63) is 0 Å². The van der Waals surface area contributed by atoms with Gasteiger partial charge in [-0.25, -0.2) is 0 Å². The number of hydrogen-bond acceptors (Lipinski definition) is 0. The van der Waals surface area contributed by atoms with E-state index in [0.29, 0.717) is 0 Å². The van der Waals surface area contributed by atoms with E-state index in [1.807, 2.05) is 0 Å². The zero-order valence-corrected chi connectivity index (χ0v) is 20.0. The highest BCUT2D eigenvalue weighted by molar-refractivity contribution is 4.59. The van der Waals surface area contributed by atoms with Gasteiger partial charge in [0.05, 0.1) is 0 Å². The quantitative estimate of drug-likeness (QED) is 0.164. The maximum Gasteiger partial charge on any atom is -0.0443 e. The molecule has 0 heteroatoms. The molecule has 0 nitrogen and oxygen atoms in total. The summed E-state index contributed by atoms with van der Waals surface area (Å²) in [6.07, 6.45) is 30.7. The first-order chi connectivity index (χ1) is 13.2. The molecule has 0 aromatic carbocycles. The van der Waals surface area contributed by atoms with E-state index in [1.165, 1.54) is 135 Å². The van der Waals surface area contributed by atoms with Crippen molar-refractivity contribution in [2.24, 2.45) is 11.8 Å². The molecule has 0 heterocycles. The normalized spacial score (nSPS) is 13.8. The van der Waals surface area contributed by atoms with E-state index in [1.54, 1.807) is 0 Å². The Hall–Kier alpha value is 0. The van der Waals surface area contributed by atoms with Gasteiger partial charge in [0.25, 0.3) is 0 Å². The Morgan fingerprint density at radius 2 is 0.593 bits per heavy atom. The van der Waals surface area contributed by atoms with Crippen LogP contribution in [0, 0.1) is 11.8 Å². The molecular weight excluding hydrogens is 324 g/mol. The SMILES string of the molecule is CCCCCCCCCCCCCCC(C)CCCC(C)CCCCCC. The fourth-order valence-electron chi connectivity index (χ4n) is 4.36. The molecule has 0 aliphatic rings. The van der Waals surface area contributed by atoms with Crippen LogP contribution in [-0.4, -0.2) is 0 Å². The monoisotopic (exact) mass is 380 g/mol. The molecule has 0 amide bonds. The molecule has 0 aromatic rings. The van der Waals surface area contributed by atoms with Gasteiger partial charge in [0.1, 0.15) is 0 Å². The zero-order valence-electron chi connectivity index (χ0n) is 20.0. The molecule has 27 heavy (non-hydrogen) atoms. The minimum Gasteiger partial charge on any atom is -0.0654 e. The summed E-state index contributed by atoms with van der Waals surface area (Å²) in [5, 5.41) is 0. The molecule has 0 fully saturated rings. The molecule has 0 aliphatic heterocycles. The van der Waals surface area contributed by atoms with Crippen LogP contribution in [0.1, 0.15) is 163 Å². The van der Waals surface area contributed by atoms with E-state index in [9.17, 15) is 0 Å². The molecule has 2 atom stereocenters. The van der Waals surface area contributed by atoms with E-state index in [4.69, 9.17) is 0 Å². The molecule has 0 aliphatic carbocycles. The fourth-order valence-corrected chi connectivity index (χ4v) is 4.36. The smallest absolute Gasteiger partial charge is 0.0443 e. The summed E-state index contributed by atoms with van der Waals surface area (Å²) in [5.74, 6) is 1.92. The molecular formula is C27H56. The van der Waals surface area contributed by atoms with Gasteiger partial charge in [-0.05, 0) is 11.8 Å². The Kier molecular flexibility index (Phi) is 22.3. The summed E-state index contributed by atoms with van der Waals surface area (Å²) >= 11 is 0. The lowest BCUT2D eigenvalue weighted by Gasteiger charge is -2.14. The summed E-state index contributed by atoms with van der Waals surface area (Å²) in [7, 11) is 0. The van der Waals surface area contributed by atoms with Gasteiger partial charge in [-0.3, -0.25) is 0 Å². The summed E-state index contributed by atoms with van der Waals surface area (Å²) in [6, 6.07) is 0. The molecule has 2 unspecified atom stereocenters. The van der Waals surface area contributed by atoms with E-state index < -0.39 is 0 Å². The second-order valence-corrected chi connectivity index (χ2v) is 9.67. The van der Waals surface area contributed by atoms with Crippen LogP contribution in [0.25, 0.3) is 0 Å². The number of rotatable bonds is 22. The lowest BCUT2D eigenvalue weighted by Crippen LogP contribution is -1.99. The first-order valence-electron chi connectivity index (χ1n) is 13.2. The first-order valence-corrected chi connectivity index (χ1v) is 13.2. The predicted octanol–water partition coefficient (Wildman–Crippen LogP) is 10.5. The zero-order chi connectivity index (χ0) is 20.0. The molecule has 0 radical (unpaired) electrons. The molecule has 0 bridgehead atoms. The Balaban J connectivity index is 3.24. The highest BCUT2D eigenvalue weighted by atomic mass is 14.1. The van der Waals surface area contributed by atoms with Gasteiger partial charge in [-0.1, -0.05) is 163 Å². The van der Waals surface area contributed by atoms with Gasteiger partial charge >= 0.3 is 0 Å². The Labute approximate surface area is 174 Å². The molecule has 0 rings (SSSR count). The molecule has 164 valence electrons. The van der Waals surface area contributed by atoms with Crippen molar-refractivity contribution in [2.75, 3.05) is 0 Å². The maximum absolute atomic E-state index is 2.49. The van der Waals surface area contributed by atoms with Gasteiger partial charge < -0.3 is 0 Å². The predicted molar refractivity (Wildman–Crippen MR) is 127 cm³/mol. The Morgan fingerprint density at radius 3 is 0.963 bits per heavy atom. The van der Waals surface area contributed by atoms with Gasteiger partial charge in [0.2, 0.25) is 0 Å². The lowest BCUT2D eigenvalue weighted by atomic mass is 9.92. The minimum atomic E-state index is 0.959. The fraction of sp³-hybridized carbons (Fsp3) is 1.00. The Morgan fingerprint density at radius 1 is 0.333 bits per heavy atom. The van der Waals surface area contributed by atoms with E-state index in [0.717, 1.165) is 11.8 Å². The summed E-state index contributed by atoms with van der Waals surface area (Å²) in [4.78, 5) is 0. The van der Waals surface area contributed by atoms with Crippen molar-refractivity contribution in [1.82, 2.24) is 0 Å². The molecule has 0 N–H and O–H groups in total. The van der Waals surface area contributed by atoms with Crippen LogP contribution in [-0.2, 0) is 0 Å². The summed E-state index contributed by atoms with van der Waals surface area (Å²) < 4.78 is 0. The lowest BCUT2D eigenvalue weighted by molar-refractivity contribution is 0.391. The summed E-state index contributed by atoms with van der Waals surface area (Å²) in [5.41, 5.74) is 0. The standard InChI is InChI=1S/C27H56/c1-5-7-9-11-12-13-14-15-16-17-18-20-23-27(4)25-21-24-26(3)22-19-10-8-6-2/h26-27H,5-25H2,1-4H3. The van der Waals surface area contributed by atoms with Gasteiger partial charge in [0, 0.05) is 0 Å². The third kappa shape index (κ3) is 22.2. The molecule has 0 saturated heterocycles. The Bertz CT molecular complexity index is 257. The molecule has 0 saturated carbocycles. The van der Waals surface area contributed by atoms with E-state index in [2.05, 4.69) is 27.7 Å². The van der Waals surface area contributed by atoms with Crippen molar-refractivity contribution in [2.45, 2.75) is 163 Å². The van der Waals surface area contributed by atoms with Crippen molar-refractivity contribution >= 4 is 0 Å². The first kappa shape index (κ1) is 27.0. The highest BCUT2D eigenvalue weighted by Crippen LogP contribution is 2.21.